The molecule has 3 rings (SSSR count). The van der Waals surface area contributed by atoms with Gasteiger partial charge in [0.15, 0.2) is 0 Å². The lowest BCUT2D eigenvalue weighted by Crippen LogP contribution is -2.23. The number of nitrogen functional groups attached to an aromatic ring is 1. The number of aliphatic hydroxyl groups is 1. The Balaban J connectivity index is 2.14. The largest absolute Gasteiger partial charge is 0.399 e. The quantitative estimate of drug-likeness (QED) is 0.732. The average molecular weight is 225 g/mol. The van der Waals surface area contributed by atoms with Gasteiger partial charge < -0.3 is 10.8 Å². The third-order valence-electron chi connectivity index (χ3n) is 3.58. The Labute approximate surface area is 101 Å². The molecule has 1 atom stereocenters. The lowest BCUT2D eigenvalue weighted by atomic mass is 9.88. The maximum atomic E-state index is 10.9. The van der Waals surface area contributed by atoms with Crippen LogP contribution in [-0.4, -0.2) is 5.11 Å². The van der Waals surface area contributed by atoms with Gasteiger partial charge in [-0.3, -0.25) is 0 Å². The highest BCUT2D eigenvalue weighted by Gasteiger charge is 2.37. The summed E-state index contributed by atoms with van der Waals surface area (Å²) < 4.78 is 0. The number of hydrogen-bond donors (Lipinski definition) is 2. The molecule has 1 aliphatic rings. The fourth-order valence-corrected chi connectivity index (χ4v) is 2.69. The Morgan fingerprint density at radius 2 is 1.82 bits per heavy atom. The molecule has 2 nitrogen and oxygen atoms in total. The number of nitrogens with two attached hydrogens (primary N) is 1. The summed E-state index contributed by atoms with van der Waals surface area (Å²) in [5.74, 6) is 0. The standard InChI is InChI=1S/C15H15NO/c16-13-6-7-14-11(10-13)8-9-15(14,17)12-4-2-1-3-5-12/h1-7,10,17H,8-9,16H2. The van der Waals surface area contributed by atoms with Crippen molar-refractivity contribution in [3.8, 4) is 0 Å². The van der Waals surface area contributed by atoms with Gasteiger partial charge in [0, 0.05) is 5.69 Å². The van der Waals surface area contributed by atoms with Gasteiger partial charge >= 0.3 is 0 Å². The van der Waals surface area contributed by atoms with Gasteiger partial charge in [-0.2, -0.15) is 0 Å². The number of fused-ring (bicyclic) bond motifs is 1. The molecule has 17 heavy (non-hydrogen) atoms. The van der Waals surface area contributed by atoms with E-state index in [1.807, 2.05) is 48.5 Å². The van der Waals surface area contributed by atoms with E-state index in [9.17, 15) is 5.11 Å². The number of hydrogen-bond acceptors (Lipinski definition) is 2. The molecular weight excluding hydrogens is 210 g/mol. The van der Waals surface area contributed by atoms with Gasteiger partial charge in [0.05, 0.1) is 0 Å². The van der Waals surface area contributed by atoms with Gasteiger partial charge in [-0.25, -0.2) is 0 Å². The van der Waals surface area contributed by atoms with Crippen LogP contribution in [0.25, 0.3) is 0 Å². The van der Waals surface area contributed by atoms with E-state index < -0.39 is 5.60 Å². The smallest absolute Gasteiger partial charge is 0.115 e. The molecule has 2 aromatic carbocycles. The topological polar surface area (TPSA) is 46.2 Å². The van der Waals surface area contributed by atoms with Gasteiger partial charge in [0.25, 0.3) is 0 Å². The monoisotopic (exact) mass is 225 g/mol. The summed E-state index contributed by atoms with van der Waals surface area (Å²) in [5.41, 5.74) is 8.82. The van der Waals surface area contributed by atoms with Crippen molar-refractivity contribution in [2.24, 2.45) is 0 Å². The lowest BCUT2D eigenvalue weighted by Gasteiger charge is -2.24. The molecule has 0 saturated carbocycles. The van der Waals surface area contributed by atoms with E-state index in [0.717, 1.165) is 35.2 Å². The van der Waals surface area contributed by atoms with E-state index >= 15 is 0 Å². The van der Waals surface area contributed by atoms with Crippen LogP contribution in [0, 0.1) is 0 Å². The second-order valence-corrected chi connectivity index (χ2v) is 4.64. The summed E-state index contributed by atoms with van der Waals surface area (Å²) in [5, 5.41) is 10.9. The van der Waals surface area contributed by atoms with Crippen LogP contribution in [0.4, 0.5) is 5.69 Å². The maximum absolute atomic E-state index is 10.9. The minimum absolute atomic E-state index is 0.732. The van der Waals surface area contributed by atoms with Crippen molar-refractivity contribution in [3.05, 3.63) is 65.2 Å². The molecule has 1 aliphatic carbocycles. The zero-order valence-electron chi connectivity index (χ0n) is 9.56. The predicted octanol–water partition coefficient (Wildman–Crippen LogP) is 2.45. The molecule has 2 heteroatoms. The molecule has 0 spiro atoms. The Bertz CT molecular complexity index is 550. The molecule has 0 amide bonds. The second kappa shape index (κ2) is 3.60. The second-order valence-electron chi connectivity index (χ2n) is 4.64. The average Bonchev–Trinajstić information content (AvgIpc) is 2.69. The number of rotatable bonds is 1. The minimum Gasteiger partial charge on any atom is -0.399 e. The molecular formula is C15H15NO. The third kappa shape index (κ3) is 1.53. The van der Waals surface area contributed by atoms with Gasteiger partial charge in [-0.1, -0.05) is 36.4 Å². The van der Waals surface area contributed by atoms with Crippen LogP contribution in [0.5, 0.6) is 0 Å². The highest BCUT2D eigenvalue weighted by molar-refractivity contribution is 5.52. The van der Waals surface area contributed by atoms with Crippen molar-refractivity contribution in [2.45, 2.75) is 18.4 Å². The first-order valence-corrected chi connectivity index (χ1v) is 5.87. The zero-order valence-corrected chi connectivity index (χ0v) is 9.56. The molecule has 0 fully saturated rings. The van der Waals surface area contributed by atoms with E-state index in [4.69, 9.17) is 5.73 Å². The van der Waals surface area contributed by atoms with Crippen molar-refractivity contribution in [2.75, 3.05) is 5.73 Å². The minimum atomic E-state index is -0.843. The van der Waals surface area contributed by atoms with Gasteiger partial charge in [-0.15, -0.1) is 0 Å². The van der Waals surface area contributed by atoms with Gasteiger partial charge in [-0.05, 0) is 41.7 Å². The van der Waals surface area contributed by atoms with E-state index in [-0.39, 0.29) is 0 Å². The summed E-state index contributed by atoms with van der Waals surface area (Å²) >= 11 is 0. The summed E-state index contributed by atoms with van der Waals surface area (Å²) in [6, 6.07) is 15.6. The van der Waals surface area contributed by atoms with E-state index in [1.54, 1.807) is 0 Å². The first-order valence-electron chi connectivity index (χ1n) is 5.87. The maximum Gasteiger partial charge on any atom is 0.115 e. The van der Waals surface area contributed by atoms with Crippen LogP contribution in [0.15, 0.2) is 48.5 Å². The Hall–Kier alpha value is -1.80. The van der Waals surface area contributed by atoms with Crippen LogP contribution in [0.3, 0.4) is 0 Å². The predicted molar refractivity (Wildman–Crippen MR) is 68.6 cm³/mol. The summed E-state index contributed by atoms with van der Waals surface area (Å²) in [7, 11) is 0. The van der Waals surface area contributed by atoms with Crippen molar-refractivity contribution in [1.29, 1.82) is 0 Å². The molecule has 0 aliphatic heterocycles. The Morgan fingerprint density at radius 1 is 1.06 bits per heavy atom. The molecule has 1 unspecified atom stereocenters. The Kier molecular flexibility index (Phi) is 2.20. The summed E-state index contributed by atoms with van der Waals surface area (Å²) in [4.78, 5) is 0. The first-order chi connectivity index (χ1) is 8.20. The number of aryl methyl sites for hydroxylation is 1. The normalized spacial score (nSPS) is 22.4. The van der Waals surface area contributed by atoms with Crippen LogP contribution in [0.2, 0.25) is 0 Å². The lowest BCUT2D eigenvalue weighted by molar-refractivity contribution is 0.0829. The van der Waals surface area contributed by atoms with E-state index in [0.29, 0.717) is 0 Å². The molecule has 0 aromatic heterocycles. The fourth-order valence-electron chi connectivity index (χ4n) is 2.69. The van der Waals surface area contributed by atoms with Crippen molar-refractivity contribution in [3.63, 3.8) is 0 Å². The molecule has 0 bridgehead atoms. The SMILES string of the molecule is Nc1ccc2c(c1)CCC2(O)c1ccccc1. The van der Waals surface area contributed by atoms with E-state index in [1.165, 1.54) is 0 Å². The molecule has 0 radical (unpaired) electrons. The van der Waals surface area contributed by atoms with Crippen LogP contribution in [-0.2, 0) is 12.0 Å². The van der Waals surface area contributed by atoms with E-state index in [2.05, 4.69) is 0 Å². The molecule has 86 valence electrons. The molecule has 2 aromatic rings. The fraction of sp³-hybridized carbons (Fsp3) is 0.200. The highest BCUT2D eigenvalue weighted by atomic mass is 16.3. The highest BCUT2D eigenvalue weighted by Crippen LogP contribution is 2.42. The van der Waals surface area contributed by atoms with Crippen molar-refractivity contribution < 1.29 is 5.11 Å². The first kappa shape index (κ1) is 10.4. The number of anilines is 1. The zero-order chi connectivity index (χ0) is 11.9. The van der Waals surface area contributed by atoms with Crippen LogP contribution in [0.1, 0.15) is 23.1 Å². The Morgan fingerprint density at radius 3 is 2.59 bits per heavy atom. The van der Waals surface area contributed by atoms with Gasteiger partial charge in [0.1, 0.15) is 5.60 Å². The van der Waals surface area contributed by atoms with Crippen molar-refractivity contribution >= 4 is 5.69 Å². The number of benzene rings is 2. The summed E-state index contributed by atoms with van der Waals surface area (Å²) in [6.07, 6.45) is 1.61. The summed E-state index contributed by atoms with van der Waals surface area (Å²) in [6.45, 7) is 0. The molecule has 0 saturated heterocycles. The molecule has 3 N–H and O–H groups in total. The third-order valence-corrected chi connectivity index (χ3v) is 3.58. The molecule has 0 heterocycles. The van der Waals surface area contributed by atoms with Crippen LogP contribution >= 0.6 is 0 Å². The van der Waals surface area contributed by atoms with Crippen molar-refractivity contribution in [1.82, 2.24) is 0 Å². The van der Waals surface area contributed by atoms with Crippen LogP contribution < -0.4 is 5.73 Å². The van der Waals surface area contributed by atoms with Gasteiger partial charge in [0.2, 0.25) is 0 Å².